The molecule has 1 aromatic heterocycles. The molecule has 0 aromatic carbocycles. The van der Waals surface area contributed by atoms with E-state index in [0.717, 1.165) is 5.69 Å². The standard InChI is InChI=1S/C14H22N4O3/c1-3-18(4-2)14(20)12-9-11(5-6-17-12)16-7-8-21-10-13(15)19/h5-6,9H,3-4,7-8,10H2,1-2H3,(H2,15,19)(H,16,17). The van der Waals surface area contributed by atoms with Crippen molar-refractivity contribution in [2.24, 2.45) is 5.73 Å². The molecule has 116 valence electrons. The van der Waals surface area contributed by atoms with Gasteiger partial charge in [-0.05, 0) is 26.0 Å². The van der Waals surface area contributed by atoms with E-state index in [1.807, 2.05) is 13.8 Å². The van der Waals surface area contributed by atoms with Gasteiger partial charge in [0, 0.05) is 31.5 Å². The molecule has 0 aliphatic heterocycles. The molecule has 0 saturated carbocycles. The zero-order valence-corrected chi connectivity index (χ0v) is 12.5. The molecule has 0 fully saturated rings. The lowest BCUT2D eigenvalue weighted by Gasteiger charge is -2.18. The Bertz CT molecular complexity index is 475. The molecule has 1 aromatic rings. The number of rotatable bonds is 9. The third kappa shape index (κ3) is 5.78. The van der Waals surface area contributed by atoms with Crippen LogP contribution in [0.1, 0.15) is 24.3 Å². The van der Waals surface area contributed by atoms with Gasteiger partial charge in [0.2, 0.25) is 5.91 Å². The van der Waals surface area contributed by atoms with Crippen molar-refractivity contribution in [2.45, 2.75) is 13.8 Å². The number of nitrogens with zero attached hydrogens (tertiary/aromatic N) is 2. The number of ether oxygens (including phenoxy) is 1. The van der Waals surface area contributed by atoms with Gasteiger partial charge in [0.15, 0.2) is 0 Å². The molecule has 0 radical (unpaired) electrons. The summed E-state index contributed by atoms with van der Waals surface area (Å²) in [7, 11) is 0. The van der Waals surface area contributed by atoms with Crippen LogP contribution in [0, 0.1) is 0 Å². The van der Waals surface area contributed by atoms with Crippen molar-refractivity contribution in [3.63, 3.8) is 0 Å². The van der Waals surface area contributed by atoms with Crippen LogP contribution < -0.4 is 11.1 Å². The summed E-state index contributed by atoms with van der Waals surface area (Å²) in [6.07, 6.45) is 1.59. The zero-order chi connectivity index (χ0) is 15.7. The van der Waals surface area contributed by atoms with Gasteiger partial charge in [0.1, 0.15) is 12.3 Å². The van der Waals surface area contributed by atoms with Crippen LogP contribution in [0.25, 0.3) is 0 Å². The summed E-state index contributed by atoms with van der Waals surface area (Å²) in [6.45, 7) is 5.93. The first-order valence-electron chi connectivity index (χ1n) is 6.93. The predicted octanol–water partition coefficient (Wildman–Crippen LogP) is 0.477. The van der Waals surface area contributed by atoms with Crippen molar-refractivity contribution in [2.75, 3.05) is 38.2 Å². The summed E-state index contributed by atoms with van der Waals surface area (Å²) in [4.78, 5) is 28.5. The van der Waals surface area contributed by atoms with Crippen LogP contribution in [-0.2, 0) is 9.53 Å². The first-order chi connectivity index (χ1) is 10.1. The highest BCUT2D eigenvalue weighted by molar-refractivity contribution is 5.93. The van der Waals surface area contributed by atoms with Crippen molar-refractivity contribution >= 4 is 17.5 Å². The number of primary amides is 1. The topological polar surface area (TPSA) is 97.5 Å². The lowest BCUT2D eigenvalue weighted by atomic mass is 10.2. The number of aromatic nitrogens is 1. The molecule has 0 spiro atoms. The fourth-order valence-electron chi connectivity index (χ4n) is 1.77. The number of hydrogen-bond donors (Lipinski definition) is 2. The number of nitrogens with one attached hydrogen (secondary N) is 1. The largest absolute Gasteiger partial charge is 0.383 e. The van der Waals surface area contributed by atoms with E-state index in [1.165, 1.54) is 0 Å². The second-order valence-corrected chi connectivity index (χ2v) is 4.35. The Labute approximate surface area is 124 Å². The van der Waals surface area contributed by atoms with E-state index >= 15 is 0 Å². The molecule has 1 rings (SSSR count). The molecule has 0 aliphatic carbocycles. The highest BCUT2D eigenvalue weighted by Gasteiger charge is 2.13. The molecule has 0 atom stereocenters. The van der Waals surface area contributed by atoms with E-state index in [1.54, 1.807) is 23.2 Å². The summed E-state index contributed by atoms with van der Waals surface area (Å²) in [6, 6.07) is 3.47. The molecule has 2 amide bonds. The Hall–Kier alpha value is -2.15. The van der Waals surface area contributed by atoms with Gasteiger partial charge in [-0.25, -0.2) is 0 Å². The highest BCUT2D eigenvalue weighted by Crippen LogP contribution is 2.10. The number of pyridine rings is 1. The maximum absolute atomic E-state index is 12.2. The van der Waals surface area contributed by atoms with E-state index in [4.69, 9.17) is 10.5 Å². The molecule has 7 heteroatoms. The van der Waals surface area contributed by atoms with E-state index < -0.39 is 5.91 Å². The SMILES string of the molecule is CCN(CC)C(=O)c1cc(NCCOCC(N)=O)ccn1. The van der Waals surface area contributed by atoms with Crippen molar-refractivity contribution in [3.8, 4) is 0 Å². The van der Waals surface area contributed by atoms with Gasteiger partial charge in [-0.1, -0.05) is 0 Å². The lowest BCUT2D eigenvalue weighted by molar-refractivity contribution is -0.122. The van der Waals surface area contributed by atoms with Crippen LogP contribution in [0.4, 0.5) is 5.69 Å². The van der Waals surface area contributed by atoms with Crippen molar-refractivity contribution in [1.82, 2.24) is 9.88 Å². The van der Waals surface area contributed by atoms with Crippen molar-refractivity contribution in [3.05, 3.63) is 24.0 Å². The molecule has 0 bridgehead atoms. The van der Waals surface area contributed by atoms with E-state index in [-0.39, 0.29) is 12.5 Å². The summed E-state index contributed by atoms with van der Waals surface area (Å²) in [5, 5.41) is 3.10. The van der Waals surface area contributed by atoms with Crippen LogP contribution >= 0.6 is 0 Å². The monoisotopic (exact) mass is 294 g/mol. The first kappa shape index (κ1) is 16.9. The van der Waals surface area contributed by atoms with Gasteiger partial charge in [0.05, 0.1) is 6.61 Å². The van der Waals surface area contributed by atoms with Crippen LogP contribution in [-0.4, -0.2) is 54.5 Å². The minimum absolute atomic E-state index is 0.0892. The Kier molecular flexibility index (Phi) is 7.17. The van der Waals surface area contributed by atoms with Crippen LogP contribution in [0.3, 0.4) is 0 Å². The van der Waals surface area contributed by atoms with E-state index in [0.29, 0.717) is 31.9 Å². The molecular weight excluding hydrogens is 272 g/mol. The van der Waals surface area contributed by atoms with Crippen molar-refractivity contribution < 1.29 is 14.3 Å². The second-order valence-electron chi connectivity index (χ2n) is 4.35. The smallest absolute Gasteiger partial charge is 0.272 e. The summed E-state index contributed by atoms with van der Waals surface area (Å²) in [5.41, 5.74) is 6.14. The Balaban J connectivity index is 2.52. The molecule has 3 N–H and O–H groups in total. The summed E-state index contributed by atoms with van der Waals surface area (Å²) in [5.74, 6) is -0.584. The Morgan fingerprint density at radius 1 is 1.38 bits per heavy atom. The van der Waals surface area contributed by atoms with Gasteiger partial charge >= 0.3 is 0 Å². The fourth-order valence-corrected chi connectivity index (χ4v) is 1.77. The molecule has 7 nitrogen and oxygen atoms in total. The molecule has 0 saturated heterocycles. The zero-order valence-electron chi connectivity index (χ0n) is 12.5. The third-order valence-corrected chi connectivity index (χ3v) is 2.85. The van der Waals surface area contributed by atoms with Crippen LogP contribution in [0.5, 0.6) is 0 Å². The molecule has 0 unspecified atom stereocenters. The summed E-state index contributed by atoms with van der Waals surface area (Å²) >= 11 is 0. The van der Waals surface area contributed by atoms with Crippen LogP contribution in [0.2, 0.25) is 0 Å². The second kappa shape index (κ2) is 8.91. The molecule has 1 heterocycles. The van der Waals surface area contributed by atoms with Gasteiger partial charge in [-0.2, -0.15) is 0 Å². The number of hydrogen-bond acceptors (Lipinski definition) is 5. The van der Waals surface area contributed by atoms with Gasteiger partial charge in [-0.3, -0.25) is 14.6 Å². The number of anilines is 1. The van der Waals surface area contributed by atoms with Gasteiger partial charge in [0.25, 0.3) is 5.91 Å². The first-order valence-corrected chi connectivity index (χ1v) is 6.93. The quantitative estimate of drug-likeness (QED) is 0.645. The number of amides is 2. The Morgan fingerprint density at radius 3 is 2.71 bits per heavy atom. The number of carbonyl (C=O) groups is 2. The average molecular weight is 294 g/mol. The molecule has 0 aliphatic rings. The van der Waals surface area contributed by atoms with E-state index in [9.17, 15) is 9.59 Å². The average Bonchev–Trinajstić information content (AvgIpc) is 2.48. The number of carbonyl (C=O) groups excluding carboxylic acids is 2. The van der Waals surface area contributed by atoms with Crippen LogP contribution in [0.15, 0.2) is 18.3 Å². The minimum Gasteiger partial charge on any atom is -0.383 e. The highest BCUT2D eigenvalue weighted by atomic mass is 16.5. The normalized spacial score (nSPS) is 10.2. The fraction of sp³-hybridized carbons (Fsp3) is 0.500. The van der Waals surface area contributed by atoms with E-state index in [2.05, 4.69) is 10.3 Å². The molecular formula is C14H22N4O3. The number of nitrogens with two attached hydrogens (primary N) is 1. The third-order valence-electron chi connectivity index (χ3n) is 2.85. The minimum atomic E-state index is -0.494. The maximum atomic E-state index is 12.2. The maximum Gasteiger partial charge on any atom is 0.272 e. The summed E-state index contributed by atoms with van der Waals surface area (Å²) < 4.78 is 5.04. The van der Waals surface area contributed by atoms with Gasteiger partial charge < -0.3 is 20.7 Å². The molecule has 21 heavy (non-hydrogen) atoms. The Morgan fingerprint density at radius 2 is 2.10 bits per heavy atom. The predicted molar refractivity (Wildman–Crippen MR) is 80.0 cm³/mol. The lowest BCUT2D eigenvalue weighted by Crippen LogP contribution is -2.31. The van der Waals surface area contributed by atoms with Crippen molar-refractivity contribution in [1.29, 1.82) is 0 Å². The van der Waals surface area contributed by atoms with Gasteiger partial charge in [-0.15, -0.1) is 0 Å².